The Kier molecular flexibility index (Phi) is 2.94. The van der Waals surface area contributed by atoms with Crippen molar-refractivity contribution in [2.24, 2.45) is 0 Å². The van der Waals surface area contributed by atoms with E-state index in [1.807, 2.05) is 0 Å². The Bertz CT molecular complexity index is 517. The number of hydrogen-bond acceptors (Lipinski definition) is 3. The third-order valence-corrected chi connectivity index (χ3v) is 2.28. The number of aromatic nitrogens is 2. The molecule has 3 nitrogen and oxygen atoms in total. The van der Waals surface area contributed by atoms with Crippen molar-refractivity contribution < 1.29 is 13.5 Å². The van der Waals surface area contributed by atoms with Gasteiger partial charge in [-0.15, -0.1) is 0 Å². The molecule has 0 amide bonds. The van der Waals surface area contributed by atoms with E-state index in [2.05, 4.69) is 9.97 Å². The number of fused-ring (bicyclic) bond motifs is 1. The maximum Gasteiger partial charge on any atom is 0.133 e. The molecule has 0 saturated carbocycles. The van der Waals surface area contributed by atoms with E-state index in [1.165, 1.54) is 7.11 Å². The molecule has 0 aliphatic rings. The molecule has 0 N–H and O–H groups in total. The summed E-state index contributed by atoms with van der Waals surface area (Å²) in [6.07, 6.45) is 0. The number of hydrogen-bond donors (Lipinski definition) is 0. The fourth-order valence-corrected chi connectivity index (χ4v) is 1.45. The van der Waals surface area contributed by atoms with Gasteiger partial charge >= 0.3 is 0 Å². The molecular weight excluding hydrogens is 214 g/mol. The van der Waals surface area contributed by atoms with Crippen LogP contribution in [-0.2, 0) is 13.3 Å². The zero-order chi connectivity index (χ0) is 11.5. The topological polar surface area (TPSA) is 35.0 Å². The second-order valence-electron chi connectivity index (χ2n) is 3.24. The monoisotopic (exact) mass is 224 g/mol. The fraction of sp³-hybridized carbons (Fsp3) is 0.273. The summed E-state index contributed by atoms with van der Waals surface area (Å²) in [5.74, 6) is 0.611. The number of nitrogens with zero attached hydrogens (tertiary/aromatic N) is 2. The second kappa shape index (κ2) is 4.38. The summed E-state index contributed by atoms with van der Waals surface area (Å²) < 4.78 is 30.2. The van der Waals surface area contributed by atoms with Crippen LogP contribution in [0.2, 0.25) is 0 Å². The molecule has 0 aliphatic carbocycles. The maximum atomic E-state index is 12.6. The number of methoxy groups -OCH3 is 1. The van der Waals surface area contributed by atoms with Gasteiger partial charge in [0.25, 0.3) is 0 Å². The maximum absolute atomic E-state index is 12.6. The van der Waals surface area contributed by atoms with Crippen molar-refractivity contribution in [3.8, 4) is 5.75 Å². The number of rotatable bonds is 3. The minimum absolute atomic E-state index is 0.0447. The van der Waals surface area contributed by atoms with Crippen molar-refractivity contribution in [2.75, 3.05) is 7.11 Å². The van der Waals surface area contributed by atoms with Crippen LogP contribution >= 0.6 is 0 Å². The molecule has 0 aliphatic heterocycles. The Hall–Kier alpha value is -1.78. The highest BCUT2D eigenvalue weighted by Gasteiger charge is 2.08. The van der Waals surface area contributed by atoms with Gasteiger partial charge in [-0.05, 0) is 12.1 Å². The zero-order valence-electron chi connectivity index (χ0n) is 8.70. The van der Waals surface area contributed by atoms with Crippen LogP contribution in [-0.4, -0.2) is 17.1 Å². The summed E-state index contributed by atoms with van der Waals surface area (Å²) in [6, 6.07) is 5.01. The molecule has 0 fully saturated rings. The van der Waals surface area contributed by atoms with Crippen LogP contribution in [0.3, 0.4) is 0 Å². The molecule has 0 spiro atoms. The minimum atomic E-state index is -0.820. The largest absolute Gasteiger partial charge is 0.497 e. The lowest BCUT2D eigenvalue weighted by Crippen LogP contribution is -1.99. The standard InChI is InChI=1S/C11H10F2N2O/c1-16-7-2-3-8-9(4-7)15-11(6-13)10(5-12)14-8/h2-4H,5-6H2,1H3. The van der Waals surface area contributed by atoms with Crippen molar-refractivity contribution in [2.45, 2.75) is 13.3 Å². The van der Waals surface area contributed by atoms with E-state index in [0.717, 1.165) is 0 Å². The molecule has 1 aromatic carbocycles. The Balaban J connectivity index is 2.63. The molecule has 0 saturated heterocycles. The van der Waals surface area contributed by atoms with Gasteiger partial charge in [0.05, 0.1) is 29.5 Å². The first-order valence-electron chi connectivity index (χ1n) is 4.74. The Morgan fingerprint density at radius 3 is 2.25 bits per heavy atom. The smallest absolute Gasteiger partial charge is 0.133 e. The quantitative estimate of drug-likeness (QED) is 0.803. The van der Waals surface area contributed by atoms with Gasteiger partial charge in [0.15, 0.2) is 0 Å². The lowest BCUT2D eigenvalue weighted by molar-refractivity contribution is 0.415. The number of benzene rings is 1. The SMILES string of the molecule is COc1ccc2nc(CF)c(CF)nc2c1. The van der Waals surface area contributed by atoms with Crippen molar-refractivity contribution >= 4 is 11.0 Å². The first-order valence-corrected chi connectivity index (χ1v) is 4.74. The lowest BCUT2D eigenvalue weighted by atomic mass is 10.2. The first kappa shape index (κ1) is 10.7. The molecule has 2 rings (SSSR count). The van der Waals surface area contributed by atoms with Gasteiger partial charge in [0, 0.05) is 6.07 Å². The van der Waals surface area contributed by atoms with Gasteiger partial charge in [-0.3, -0.25) is 0 Å². The molecule has 0 unspecified atom stereocenters. The van der Waals surface area contributed by atoms with Crippen LogP contribution in [0.5, 0.6) is 5.75 Å². The van der Waals surface area contributed by atoms with Gasteiger partial charge in [-0.25, -0.2) is 18.7 Å². The highest BCUT2D eigenvalue weighted by atomic mass is 19.1. The normalized spacial score (nSPS) is 10.7. The van der Waals surface area contributed by atoms with E-state index < -0.39 is 13.3 Å². The summed E-state index contributed by atoms with van der Waals surface area (Å²) in [7, 11) is 1.53. The molecule has 1 aromatic heterocycles. The Morgan fingerprint density at radius 2 is 1.69 bits per heavy atom. The van der Waals surface area contributed by atoms with Crippen LogP contribution in [0.4, 0.5) is 8.78 Å². The van der Waals surface area contributed by atoms with Crippen LogP contribution in [0.25, 0.3) is 11.0 Å². The van der Waals surface area contributed by atoms with Crippen LogP contribution in [0.15, 0.2) is 18.2 Å². The van der Waals surface area contributed by atoms with Gasteiger partial charge in [0.1, 0.15) is 19.1 Å². The Morgan fingerprint density at radius 1 is 1.06 bits per heavy atom. The van der Waals surface area contributed by atoms with E-state index >= 15 is 0 Å². The van der Waals surface area contributed by atoms with Gasteiger partial charge in [0.2, 0.25) is 0 Å². The van der Waals surface area contributed by atoms with E-state index in [0.29, 0.717) is 16.8 Å². The molecule has 84 valence electrons. The van der Waals surface area contributed by atoms with Gasteiger partial charge in [-0.2, -0.15) is 0 Å². The first-order chi connectivity index (χ1) is 7.78. The molecule has 2 aromatic rings. The zero-order valence-corrected chi connectivity index (χ0v) is 8.70. The van der Waals surface area contributed by atoms with E-state index in [-0.39, 0.29) is 11.4 Å². The highest BCUT2D eigenvalue weighted by molar-refractivity contribution is 5.76. The minimum Gasteiger partial charge on any atom is -0.497 e. The highest BCUT2D eigenvalue weighted by Crippen LogP contribution is 2.20. The van der Waals surface area contributed by atoms with E-state index in [9.17, 15) is 8.78 Å². The van der Waals surface area contributed by atoms with Crippen molar-refractivity contribution in [1.82, 2.24) is 9.97 Å². The summed E-state index contributed by atoms with van der Waals surface area (Å²) in [5.41, 5.74) is 1.14. The van der Waals surface area contributed by atoms with Crippen LogP contribution in [0.1, 0.15) is 11.4 Å². The molecular formula is C11H10F2N2O. The predicted octanol–water partition coefficient (Wildman–Crippen LogP) is 2.58. The summed E-state index contributed by atoms with van der Waals surface area (Å²) in [6.45, 7) is -1.63. The van der Waals surface area contributed by atoms with Gasteiger partial charge < -0.3 is 4.74 Å². The summed E-state index contributed by atoms with van der Waals surface area (Å²) in [4.78, 5) is 8.02. The van der Waals surface area contributed by atoms with E-state index in [4.69, 9.17) is 4.74 Å². The van der Waals surface area contributed by atoms with Crippen molar-refractivity contribution in [3.05, 3.63) is 29.6 Å². The molecule has 0 atom stereocenters. The number of alkyl halides is 2. The average Bonchev–Trinajstić information content (AvgIpc) is 2.36. The number of halogens is 2. The van der Waals surface area contributed by atoms with Crippen molar-refractivity contribution in [1.29, 1.82) is 0 Å². The second-order valence-corrected chi connectivity index (χ2v) is 3.24. The molecule has 5 heteroatoms. The molecule has 16 heavy (non-hydrogen) atoms. The van der Waals surface area contributed by atoms with Crippen LogP contribution < -0.4 is 4.74 Å². The van der Waals surface area contributed by atoms with Crippen molar-refractivity contribution in [3.63, 3.8) is 0 Å². The average molecular weight is 224 g/mol. The summed E-state index contributed by atoms with van der Waals surface area (Å²) >= 11 is 0. The van der Waals surface area contributed by atoms with Crippen LogP contribution in [0, 0.1) is 0 Å². The molecule has 0 radical (unpaired) electrons. The predicted molar refractivity (Wildman–Crippen MR) is 55.7 cm³/mol. The third kappa shape index (κ3) is 1.80. The Labute approximate surface area is 91.1 Å². The lowest BCUT2D eigenvalue weighted by Gasteiger charge is -2.05. The third-order valence-electron chi connectivity index (χ3n) is 2.28. The molecule has 1 heterocycles. The van der Waals surface area contributed by atoms with Gasteiger partial charge in [-0.1, -0.05) is 0 Å². The fourth-order valence-electron chi connectivity index (χ4n) is 1.45. The summed E-state index contributed by atoms with van der Waals surface area (Å²) in [5, 5.41) is 0. The molecule has 0 bridgehead atoms. The van der Waals surface area contributed by atoms with E-state index in [1.54, 1.807) is 18.2 Å². The number of ether oxygens (including phenoxy) is 1.